The molecule has 1 unspecified atom stereocenters. The number of amides is 1. The topological polar surface area (TPSA) is 72.5 Å². The minimum absolute atomic E-state index is 0.444. The smallest absolute Gasteiger partial charge is 0.335 e. The van der Waals surface area contributed by atoms with Crippen LogP contribution in [0.5, 0.6) is 0 Å². The van der Waals surface area contributed by atoms with E-state index >= 15 is 0 Å². The van der Waals surface area contributed by atoms with Crippen molar-refractivity contribution in [1.82, 2.24) is 5.32 Å². The summed E-state index contributed by atoms with van der Waals surface area (Å²) in [5.74, 6) is -1.20. The zero-order valence-electron chi connectivity index (χ0n) is 7.21. The van der Waals surface area contributed by atoms with Crippen LogP contribution in [0.15, 0.2) is 0 Å². The van der Waals surface area contributed by atoms with Gasteiger partial charge in [0.15, 0.2) is 13.9 Å². The fourth-order valence-corrected chi connectivity index (χ4v) is 0.648. The van der Waals surface area contributed by atoms with Crippen LogP contribution in [-0.2, 0) is 19.1 Å². The quantitative estimate of drug-likeness (QED) is 0.297. The molecule has 0 saturated heterocycles. The highest BCUT2D eigenvalue weighted by atomic mass is 16.5. The van der Waals surface area contributed by atoms with Gasteiger partial charge in [-0.05, 0) is 0 Å². The van der Waals surface area contributed by atoms with E-state index in [1.807, 2.05) is 0 Å². The normalized spacial score (nSPS) is 11.5. The molecule has 0 aromatic rings. The predicted octanol–water partition coefficient (Wildman–Crippen LogP) is -2.18. The fourth-order valence-electron chi connectivity index (χ4n) is 0.648. The van der Waals surface area contributed by atoms with E-state index in [0.29, 0.717) is 0 Å². The Labute approximate surface area is 70.9 Å². The lowest BCUT2D eigenvalue weighted by Gasteiger charge is -2.11. The summed E-state index contributed by atoms with van der Waals surface area (Å²) >= 11 is 0. The lowest BCUT2D eigenvalue weighted by Crippen LogP contribution is -2.46. The maximum atomic E-state index is 10.8. The standard InChI is InChI=1S/C6H10BNO4/c1-3(9)8-4(5(7)10)6(11)12-2/h4H,7H2,1-2H3,(H,8,9). The van der Waals surface area contributed by atoms with Crippen molar-refractivity contribution in [3.63, 3.8) is 0 Å². The summed E-state index contributed by atoms with van der Waals surface area (Å²) < 4.78 is 4.30. The van der Waals surface area contributed by atoms with Crippen LogP contribution in [0.3, 0.4) is 0 Å². The zero-order valence-corrected chi connectivity index (χ0v) is 7.21. The highest BCUT2D eigenvalue weighted by Gasteiger charge is 2.23. The van der Waals surface area contributed by atoms with Crippen LogP contribution in [0.1, 0.15) is 6.92 Å². The Balaban J connectivity index is 4.33. The lowest BCUT2D eigenvalue weighted by atomic mass is 9.95. The summed E-state index contributed by atoms with van der Waals surface area (Å²) in [6.07, 6.45) is 0. The second-order valence-electron chi connectivity index (χ2n) is 2.27. The number of rotatable bonds is 3. The second-order valence-corrected chi connectivity index (χ2v) is 2.27. The average molecular weight is 171 g/mol. The van der Waals surface area contributed by atoms with Gasteiger partial charge in [0.1, 0.15) is 5.68 Å². The largest absolute Gasteiger partial charge is 0.467 e. The third-order valence-corrected chi connectivity index (χ3v) is 1.19. The van der Waals surface area contributed by atoms with Crippen molar-refractivity contribution < 1.29 is 19.1 Å². The van der Waals surface area contributed by atoms with Crippen molar-refractivity contribution in [2.75, 3.05) is 7.11 Å². The number of nitrogens with one attached hydrogen (secondary N) is 1. The molecule has 5 nitrogen and oxygen atoms in total. The Bertz CT molecular complexity index is 216. The van der Waals surface area contributed by atoms with Gasteiger partial charge in [0.2, 0.25) is 5.91 Å². The van der Waals surface area contributed by atoms with E-state index in [2.05, 4.69) is 10.1 Å². The van der Waals surface area contributed by atoms with Crippen molar-refractivity contribution in [3.8, 4) is 0 Å². The molecule has 0 bridgehead atoms. The Morgan fingerprint density at radius 3 is 2.17 bits per heavy atom. The predicted molar refractivity (Wildman–Crippen MR) is 43.2 cm³/mol. The zero-order chi connectivity index (χ0) is 9.72. The maximum Gasteiger partial charge on any atom is 0.335 e. The SMILES string of the molecule is BC(=O)C(NC(C)=O)C(=O)OC. The van der Waals surface area contributed by atoms with Gasteiger partial charge in [0.25, 0.3) is 0 Å². The number of hydrogen-bond acceptors (Lipinski definition) is 4. The van der Waals surface area contributed by atoms with Gasteiger partial charge < -0.3 is 14.8 Å². The van der Waals surface area contributed by atoms with E-state index in [-0.39, 0.29) is 0 Å². The monoisotopic (exact) mass is 171 g/mol. The van der Waals surface area contributed by atoms with Crippen LogP contribution in [0.2, 0.25) is 0 Å². The molecule has 0 saturated carbocycles. The molecule has 1 amide bonds. The number of esters is 1. The number of ether oxygens (including phenoxy) is 1. The molecular formula is C6H10BNO4. The molecule has 66 valence electrons. The second kappa shape index (κ2) is 4.53. The minimum Gasteiger partial charge on any atom is -0.467 e. The number of methoxy groups -OCH3 is 1. The molecule has 6 heteroatoms. The van der Waals surface area contributed by atoms with Crippen LogP contribution in [0.4, 0.5) is 0 Å². The third-order valence-electron chi connectivity index (χ3n) is 1.19. The van der Waals surface area contributed by atoms with Gasteiger partial charge >= 0.3 is 5.97 Å². The number of carbonyl (C=O) groups excluding carboxylic acids is 3. The Kier molecular flexibility index (Phi) is 4.03. The van der Waals surface area contributed by atoms with Crippen molar-refractivity contribution >= 4 is 25.4 Å². The van der Waals surface area contributed by atoms with Gasteiger partial charge in [-0.25, -0.2) is 4.79 Å². The number of hydrogen-bond donors (Lipinski definition) is 1. The van der Waals surface area contributed by atoms with Crippen LogP contribution in [0.25, 0.3) is 0 Å². The first-order valence-corrected chi connectivity index (χ1v) is 3.34. The Hall–Kier alpha value is -1.33. The van der Waals surface area contributed by atoms with Gasteiger partial charge in [-0.3, -0.25) is 4.79 Å². The maximum absolute atomic E-state index is 10.8. The van der Waals surface area contributed by atoms with E-state index < -0.39 is 23.6 Å². The molecule has 0 aromatic carbocycles. The average Bonchev–Trinajstić information content (AvgIpc) is 1.98. The Morgan fingerprint density at radius 2 is 1.92 bits per heavy atom. The van der Waals surface area contributed by atoms with Crippen molar-refractivity contribution in [2.24, 2.45) is 0 Å². The van der Waals surface area contributed by atoms with E-state index in [1.54, 1.807) is 0 Å². The van der Waals surface area contributed by atoms with Gasteiger partial charge in [0, 0.05) is 6.92 Å². The summed E-state index contributed by atoms with van der Waals surface area (Å²) in [5, 5.41) is 2.17. The Morgan fingerprint density at radius 1 is 1.42 bits per heavy atom. The fraction of sp³-hybridized carbons (Fsp3) is 0.500. The van der Waals surface area contributed by atoms with Crippen LogP contribution in [0, 0.1) is 0 Å². The molecule has 0 fully saturated rings. The van der Waals surface area contributed by atoms with E-state index in [0.717, 1.165) is 7.11 Å². The first-order chi connectivity index (χ1) is 5.49. The molecule has 1 atom stereocenters. The van der Waals surface area contributed by atoms with Gasteiger partial charge in [-0.15, -0.1) is 0 Å². The van der Waals surface area contributed by atoms with Crippen LogP contribution >= 0.6 is 0 Å². The molecular weight excluding hydrogens is 161 g/mol. The van der Waals surface area contributed by atoms with Crippen LogP contribution in [-0.4, -0.2) is 38.6 Å². The molecule has 0 aliphatic carbocycles. The van der Waals surface area contributed by atoms with Crippen molar-refractivity contribution in [1.29, 1.82) is 0 Å². The summed E-state index contributed by atoms with van der Waals surface area (Å²) in [6.45, 7) is 1.22. The van der Waals surface area contributed by atoms with Gasteiger partial charge in [-0.2, -0.15) is 0 Å². The molecule has 0 rings (SSSR count). The molecule has 1 N–H and O–H groups in total. The lowest BCUT2D eigenvalue weighted by molar-refractivity contribution is -0.146. The first-order valence-electron chi connectivity index (χ1n) is 3.34. The molecule has 0 aromatic heterocycles. The molecule has 0 aliphatic rings. The molecule has 0 aliphatic heterocycles. The molecule has 0 spiro atoms. The molecule has 12 heavy (non-hydrogen) atoms. The van der Waals surface area contributed by atoms with Crippen molar-refractivity contribution in [2.45, 2.75) is 13.0 Å². The summed E-state index contributed by atoms with van der Waals surface area (Å²) in [6, 6.07) is -1.17. The summed E-state index contributed by atoms with van der Waals surface area (Å²) in [4.78, 5) is 32.1. The molecule has 0 heterocycles. The summed E-state index contributed by atoms with van der Waals surface area (Å²) in [5.41, 5.74) is -0.447. The third kappa shape index (κ3) is 3.18. The number of carbonyl (C=O) groups is 3. The van der Waals surface area contributed by atoms with E-state index in [9.17, 15) is 14.4 Å². The van der Waals surface area contributed by atoms with Crippen molar-refractivity contribution in [3.05, 3.63) is 0 Å². The first kappa shape index (κ1) is 10.7. The minimum atomic E-state index is -1.17. The van der Waals surface area contributed by atoms with Gasteiger partial charge in [-0.1, -0.05) is 0 Å². The highest BCUT2D eigenvalue weighted by molar-refractivity contribution is 6.61. The van der Waals surface area contributed by atoms with Gasteiger partial charge in [0.05, 0.1) is 7.11 Å². The van der Waals surface area contributed by atoms with E-state index in [1.165, 1.54) is 14.8 Å². The highest BCUT2D eigenvalue weighted by Crippen LogP contribution is 1.87. The summed E-state index contributed by atoms with van der Waals surface area (Å²) in [7, 11) is 2.36. The van der Waals surface area contributed by atoms with E-state index in [4.69, 9.17) is 0 Å². The van der Waals surface area contributed by atoms with Crippen LogP contribution < -0.4 is 5.32 Å². The molecule has 0 radical (unpaired) electrons.